The summed E-state index contributed by atoms with van der Waals surface area (Å²) in [4.78, 5) is 35.0. The standard InChI is InChI=1S/C12H19N3O4/c1-5-6-9(11(17)18)14-12(19)15(4)7-10(16)13-8(2)3/h1,8-9H,6-7H2,2-4H3,(H,13,16)(H,14,19)(H,17,18). The average Bonchev–Trinajstić information content (AvgIpc) is 2.26. The molecule has 3 amide bonds. The van der Waals surface area contributed by atoms with Gasteiger partial charge < -0.3 is 20.6 Å². The van der Waals surface area contributed by atoms with Crippen molar-refractivity contribution in [1.82, 2.24) is 15.5 Å². The average molecular weight is 269 g/mol. The SMILES string of the molecule is C#CCC(NC(=O)N(C)CC(=O)NC(C)C)C(=O)O. The van der Waals surface area contributed by atoms with E-state index in [1.807, 2.05) is 0 Å². The lowest BCUT2D eigenvalue weighted by Crippen LogP contribution is -2.49. The molecule has 0 spiro atoms. The van der Waals surface area contributed by atoms with Crippen LogP contribution >= 0.6 is 0 Å². The molecule has 0 saturated heterocycles. The molecule has 0 aromatic carbocycles. The highest BCUT2D eigenvalue weighted by atomic mass is 16.4. The third-order valence-electron chi connectivity index (χ3n) is 2.09. The third kappa shape index (κ3) is 6.93. The molecule has 0 aliphatic carbocycles. The van der Waals surface area contributed by atoms with Crippen LogP contribution in [0.4, 0.5) is 4.79 Å². The van der Waals surface area contributed by atoms with Crippen molar-refractivity contribution in [3.8, 4) is 12.3 Å². The van der Waals surface area contributed by atoms with E-state index < -0.39 is 18.0 Å². The molecule has 0 aliphatic rings. The molecule has 0 rings (SSSR count). The first-order valence-corrected chi connectivity index (χ1v) is 5.75. The van der Waals surface area contributed by atoms with E-state index in [9.17, 15) is 14.4 Å². The number of nitrogens with zero attached hydrogens (tertiary/aromatic N) is 1. The minimum absolute atomic E-state index is 0.0304. The zero-order chi connectivity index (χ0) is 15.0. The lowest BCUT2D eigenvalue weighted by Gasteiger charge is -2.20. The van der Waals surface area contributed by atoms with Crippen LogP contribution in [0.15, 0.2) is 0 Å². The van der Waals surface area contributed by atoms with Crippen molar-refractivity contribution in [2.24, 2.45) is 0 Å². The van der Waals surface area contributed by atoms with Crippen molar-refractivity contribution in [2.75, 3.05) is 13.6 Å². The first-order valence-electron chi connectivity index (χ1n) is 5.75. The lowest BCUT2D eigenvalue weighted by atomic mass is 10.2. The molecule has 0 radical (unpaired) electrons. The maximum atomic E-state index is 11.7. The highest BCUT2D eigenvalue weighted by Gasteiger charge is 2.21. The van der Waals surface area contributed by atoms with Crippen LogP contribution in [0.5, 0.6) is 0 Å². The minimum atomic E-state index is -1.22. The summed E-state index contributed by atoms with van der Waals surface area (Å²) < 4.78 is 0. The van der Waals surface area contributed by atoms with Gasteiger partial charge in [-0.3, -0.25) is 4.79 Å². The highest BCUT2D eigenvalue weighted by Crippen LogP contribution is 1.94. The Kier molecular flexibility index (Phi) is 7.04. The zero-order valence-electron chi connectivity index (χ0n) is 11.3. The summed E-state index contributed by atoms with van der Waals surface area (Å²) in [6.07, 6.45) is 4.89. The molecular formula is C12H19N3O4. The van der Waals surface area contributed by atoms with E-state index in [0.29, 0.717) is 0 Å². The maximum absolute atomic E-state index is 11.7. The molecule has 19 heavy (non-hydrogen) atoms. The van der Waals surface area contributed by atoms with Gasteiger partial charge in [-0.15, -0.1) is 12.3 Å². The van der Waals surface area contributed by atoms with Crippen LogP contribution < -0.4 is 10.6 Å². The number of rotatable bonds is 6. The number of carbonyl (C=O) groups is 3. The van der Waals surface area contributed by atoms with Gasteiger partial charge in [-0.05, 0) is 13.8 Å². The normalized spacial score (nSPS) is 11.3. The van der Waals surface area contributed by atoms with Crippen LogP contribution in [0.25, 0.3) is 0 Å². The van der Waals surface area contributed by atoms with Crippen LogP contribution in [0.2, 0.25) is 0 Å². The molecule has 0 saturated carbocycles. The maximum Gasteiger partial charge on any atom is 0.327 e. The summed E-state index contributed by atoms with van der Waals surface area (Å²) in [6.45, 7) is 3.43. The van der Waals surface area contributed by atoms with Gasteiger partial charge >= 0.3 is 12.0 Å². The van der Waals surface area contributed by atoms with Gasteiger partial charge in [0.1, 0.15) is 12.6 Å². The van der Waals surface area contributed by atoms with Crippen LogP contribution in [0.3, 0.4) is 0 Å². The predicted octanol–water partition coefficient (Wildman–Crippen LogP) is -0.371. The second-order valence-electron chi connectivity index (χ2n) is 4.33. The van der Waals surface area contributed by atoms with Gasteiger partial charge in [0.05, 0.1) is 0 Å². The van der Waals surface area contributed by atoms with Gasteiger partial charge in [0.2, 0.25) is 5.91 Å². The number of carboxylic acids is 1. The summed E-state index contributed by atoms with van der Waals surface area (Å²) in [7, 11) is 1.39. The third-order valence-corrected chi connectivity index (χ3v) is 2.09. The Balaban J connectivity index is 4.37. The van der Waals surface area contributed by atoms with Gasteiger partial charge in [0.25, 0.3) is 0 Å². The molecule has 3 N–H and O–H groups in total. The number of nitrogens with one attached hydrogen (secondary N) is 2. The van der Waals surface area contributed by atoms with Gasteiger partial charge in [0.15, 0.2) is 0 Å². The number of urea groups is 1. The molecule has 7 nitrogen and oxygen atoms in total. The number of carboxylic acid groups (broad SMARTS) is 1. The van der Waals surface area contributed by atoms with Gasteiger partial charge in [0, 0.05) is 19.5 Å². The van der Waals surface area contributed by atoms with Gasteiger partial charge in [-0.2, -0.15) is 0 Å². The molecule has 1 unspecified atom stereocenters. The number of hydrogen-bond acceptors (Lipinski definition) is 3. The van der Waals surface area contributed by atoms with Gasteiger partial charge in [-0.25, -0.2) is 9.59 Å². The predicted molar refractivity (Wildman–Crippen MR) is 69.3 cm³/mol. The second-order valence-corrected chi connectivity index (χ2v) is 4.33. The van der Waals surface area contributed by atoms with Crippen molar-refractivity contribution >= 4 is 17.9 Å². The quantitative estimate of drug-likeness (QED) is 0.573. The van der Waals surface area contributed by atoms with Crippen LogP contribution in [0.1, 0.15) is 20.3 Å². The second kappa shape index (κ2) is 7.97. The Morgan fingerprint density at radius 1 is 1.32 bits per heavy atom. The van der Waals surface area contributed by atoms with Crippen molar-refractivity contribution in [3.05, 3.63) is 0 Å². The number of hydrogen-bond donors (Lipinski definition) is 3. The number of carbonyl (C=O) groups excluding carboxylic acids is 2. The topological polar surface area (TPSA) is 98.7 Å². The summed E-state index contributed by atoms with van der Waals surface area (Å²) >= 11 is 0. The van der Waals surface area contributed by atoms with Crippen molar-refractivity contribution < 1.29 is 19.5 Å². The van der Waals surface area contributed by atoms with Crippen LogP contribution in [0, 0.1) is 12.3 Å². The summed E-state index contributed by atoms with van der Waals surface area (Å²) in [6, 6.07) is -1.85. The molecule has 0 aromatic rings. The molecule has 0 bridgehead atoms. The largest absolute Gasteiger partial charge is 0.480 e. The number of terminal acetylenes is 1. The zero-order valence-corrected chi connectivity index (χ0v) is 11.3. The van der Waals surface area contributed by atoms with E-state index in [1.165, 1.54) is 7.05 Å². The van der Waals surface area contributed by atoms with E-state index in [4.69, 9.17) is 11.5 Å². The first kappa shape index (κ1) is 16.8. The van der Waals surface area contributed by atoms with Gasteiger partial charge in [-0.1, -0.05) is 0 Å². The number of amides is 3. The van der Waals surface area contributed by atoms with E-state index in [1.54, 1.807) is 13.8 Å². The lowest BCUT2D eigenvalue weighted by molar-refractivity contribution is -0.139. The molecule has 0 heterocycles. The number of likely N-dealkylation sites (N-methyl/N-ethyl adjacent to an activating group) is 1. The smallest absolute Gasteiger partial charge is 0.327 e. The minimum Gasteiger partial charge on any atom is -0.480 e. The van der Waals surface area contributed by atoms with Crippen LogP contribution in [-0.2, 0) is 9.59 Å². The van der Waals surface area contributed by atoms with E-state index in [2.05, 4.69) is 16.6 Å². The first-order chi connectivity index (χ1) is 8.77. The van der Waals surface area contributed by atoms with Crippen molar-refractivity contribution in [1.29, 1.82) is 0 Å². The molecule has 0 fully saturated rings. The van der Waals surface area contributed by atoms with Crippen molar-refractivity contribution in [2.45, 2.75) is 32.4 Å². The Hall–Kier alpha value is -2.23. The molecular weight excluding hydrogens is 250 g/mol. The monoisotopic (exact) mass is 269 g/mol. The molecule has 1 atom stereocenters. The molecule has 0 aromatic heterocycles. The Morgan fingerprint density at radius 3 is 2.32 bits per heavy atom. The Bertz CT molecular complexity index is 387. The molecule has 7 heteroatoms. The van der Waals surface area contributed by atoms with E-state index in [-0.39, 0.29) is 24.9 Å². The summed E-state index contributed by atoms with van der Waals surface area (Å²) in [5.74, 6) is 0.628. The highest BCUT2D eigenvalue weighted by molar-refractivity contribution is 5.86. The summed E-state index contributed by atoms with van der Waals surface area (Å²) in [5, 5.41) is 13.7. The number of aliphatic carboxylic acids is 1. The Labute approximate surface area is 112 Å². The Morgan fingerprint density at radius 2 is 1.89 bits per heavy atom. The van der Waals surface area contributed by atoms with E-state index in [0.717, 1.165) is 4.90 Å². The van der Waals surface area contributed by atoms with Crippen LogP contribution in [-0.4, -0.2) is 53.6 Å². The van der Waals surface area contributed by atoms with Crippen molar-refractivity contribution in [3.63, 3.8) is 0 Å². The molecule has 106 valence electrons. The van der Waals surface area contributed by atoms with E-state index >= 15 is 0 Å². The fraction of sp³-hybridized carbons (Fsp3) is 0.583. The summed E-state index contributed by atoms with van der Waals surface area (Å²) in [5.41, 5.74) is 0. The fourth-order valence-electron chi connectivity index (χ4n) is 1.23. The molecule has 0 aliphatic heterocycles. The fourth-order valence-corrected chi connectivity index (χ4v) is 1.23.